The molecule has 0 radical (unpaired) electrons. The van der Waals surface area contributed by atoms with E-state index in [1.165, 1.54) is 0 Å². The van der Waals surface area contributed by atoms with Gasteiger partial charge in [-0.05, 0) is 12.1 Å². The van der Waals surface area contributed by atoms with Crippen molar-refractivity contribution in [3.8, 4) is 22.6 Å². The molecule has 0 saturated heterocycles. The largest absolute Gasteiger partial charge is 0.282 e. The Kier molecular flexibility index (Phi) is 2.57. The van der Waals surface area contributed by atoms with E-state index in [9.17, 15) is 0 Å². The molecule has 5 nitrogen and oxygen atoms in total. The molecule has 0 spiro atoms. The van der Waals surface area contributed by atoms with Gasteiger partial charge in [-0.25, -0.2) is 0 Å². The minimum Gasteiger partial charge on any atom is -0.282 e. The molecule has 1 aromatic carbocycles. The third kappa shape index (κ3) is 1.90. The van der Waals surface area contributed by atoms with Crippen LogP contribution in [0.5, 0.6) is 0 Å². The van der Waals surface area contributed by atoms with Gasteiger partial charge >= 0.3 is 0 Å². The molecule has 0 amide bonds. The summed E-state index contributed by atoms with van der Waals surface area (Å²) in [6.45, 7) is 0. The van der Waals surface area contributed by atoms with Gasteiger partial charge < -0.3 is 0 Å². The number of aryl methyl sites for hydroxylation is 1. The topological polar surface area (TPSA) is 48.0 Å². The van der Waals surface area contributed by atoms with Crippen LogP contribution in [0.15, 0.2) is 60.9 Å². The molecule has 0 fully saturated rings. The Morgan fingerprint density at radius 2 is 1.71 bits per heavy atom. The molecular weight excluding hydrogens is 262 g/mol. The second-order valence-electron chi connectivity index (χ2n) is 4.88. The average Bonchev–Trinajstić information content (AvgIpc) is 3.11. The maximum Gasteiger partial charge on any atom is 0.172 e. The van der Waals surface area contributed by atoms with Crippen LogP contribution < -0.4 is 0 Å². The standard InChI is InChI=1S/C16H13N5/c1-20-11-13(15(19-20)12-7-3-2-4-8-12)16-18-17-14-9-5-6-10-21(14)16/h2-11H,1H3. The lowest BCUT2D eigenvalue weighted by Crippen LogP contribution is -1.89. The molecule has 0 aliphatic heterocycles. The number of pyridine rings is 1. The summed E-state index contributed by atoms with van der Waals surface area (Å²) in [7, 11) is 1.92. The van der Waals surface area contributed by atoms with Crippen molar-refractivity contribution in [2.24, 2.45) is 7.05 Å². The van der Waals surface area contributed by atoms with Crippen molar-refractivity contribution in [1.82, 2.24) is 24.4 Å². The summed E-state index contributed by atoms with van der Waals surface area (Å²) in [4.78, 5) is 0. The lowest BCUT2D eigenvalue weighted by Gasteiger charge is -2.01. The van der Waals surface area contributed by atoms with Crippen molar-refractivity contribution in [2.45, 2.75) is 0 Å². The van der Waals surface area contributed by atoms with Crippen LogP contribution in [0.1, 0.15) is 0 Å². The fourth-order valence-corrected chi connectivity index (χ4v) is 2.49. The van der Waals surface area contributed by atoms with Crippen LogP contribution in [-0.4, -0.2) is 24.4 Å². The number of fused-ring (bicyclic) bond motifs is 1. The molecule has 5 heteroatoms. The highest BCUT2D eigenvalue weighted by Crippen LogP contribution is 2.29. The number of hydrogen-bond acceptors (Lipinski definition) is 3. The Morgan fingerprint density at radius 1 is 0.905 bits per heavy atom. The zero-order valence-electron chi connectivity index (χ0n) is 11.5. The van der Waals surface area contributed by atoms with Gasteiger partial charge in [0.15, 0.2) is 11.5 Å². The van der Waals surface area contributed by atoms with Crippen LogP contribution in [0.3, 0.4) is 0 Å². The highest BCUT2D eigenvalue weighted by atomic mass is 15.3. The number of benzene rings is 1. The molecular formula is C16H13N5. The van der Waals surface area contributed by atoms with Gasteiger partial charge in [-0.2, -0.15) is 5.10 Å². The second kappa shape index (κ2) is 4.56. The van der Waals surface area contributed by atoms with E-state index in [-0.39, 0.29) is 0 Å². The first-order chi connectivity index (χ1) is 10.3. The Morgan fingerprint density at radius 3 is 2.57 bits per heavy atom. The van der Waals surface area contributed by atoms with Crippen LogP contribution in [-0.2, 0) is 7.05 Å². The fraction of sp³-hybridized carbons (Fsp3) is 0.0625. The van der Waals surface area contributed by atoms with E-state index >= 15 is 0 Å². The van der Waals surface area contributed by atoms with E-state index in [2.05, 4.69) is 27.4 Å². The van der Waals surface area contributed by atoms with Gasteiger partial charge in [0.2, 0.25) is 0 Å². The van der Waals surface area contributed by atoms with Gasteiger partial charge in [0.1, 0.15) is 5.69 Å². The first-order valence-electron chi connectivity index (χ1n) is 6.72. The van der Waals surface area contributed by atoms with Gasteiger partial charge in [0.25, 0.3) is 0 Å². The summed E-state index contributed by atoms with van der Waals surface area (Å²) in [5.74, 6) is 0.803. The second-order valence-corrected chi connectivity index (χ2v) is 4.88. The average molecular weight is 275 g/mol. The van der Waals surface area contributed by atoms with Gasteiger partial charge in [-0.15, -0.1) is 10.2 Å². The van der Waals surface area contributed by atoms with Crippen LogP contribution in [0.2, 0.25) is 0 Å². The molecule has 3 aromatic heterocycles. The zero-order chi connectivity index (χ0) is 14.2. The molecule has 102 valence electrons. The predicted molar refractivity (Wildman–Crippen MR) is 80.6 cm³/mol. The molecule has 0 aliphatic carbocycles. The van der Waals surface area contributed by atoms with Gasteiger partial charge in [-0.1, -0.05) is 36.4 Å². The van der Waals surface area contributed by atoms with Crippen molar-refractivity contribution in [3.63, 3.8) is 0 Å². The molecule has 0 N–H and O–H groups in total. The minimum absolute atomic E-state index is 0.803. The quantitative estimate of drug-likeness (QED) is 0.565. The summed E-state index contributed by atoms with van der Waals surface area (Å²) in [5.41, 5.74) is 3.79. The van der Waals surface area contributed by atoms with Gasteiger partial charge in [-0.3, -0.25) is 9.08 Å². The van der Waals surface area contributed by atoms with E-state index in [0.717, 1.165) is 28.3 Å². The fourth-order valence-electron chi connectivity index (χ4n) is 2.49. The molecule has 0 bridgehead atoms. The molecule has 3 heterocycles. The van der Waals surface area contributed by atoms with Crippen molar-refractivity contribution in [1.29, 1.82) is 0 Å². The molecule has 4 aromatic rings. The lowest BCUT2D eigenvalue weighted by molar-refractivity contribution is 0.771. The van der Waals surface area contributed by atoms with Gasteiger partial charge in [0.05, 0.1) is 5.56 Å². The summed E-state index contributed by atoms with van der Waals surface area (Å²) >= 11 is 0. The highest BCUT2D eigenvalue weighted by Gasteiger charge is 2.16. The Hall–Kier alpha value is -2.95. The van der Waals surface area contributed by atoms with Crippen LogP contribution in [0, 0.1) is 0 Å². The third-order valence-electron chi connectivity index (χ3n) is 3.43. The summed E-state index contributed by atoms with van der Waals surface area (Å²) < 4.78 is 3.78. The van der Waals surface area contributed by atoms with E-state index in [1.807, 2.05) is 64.9 Å². The first kappa shape index (κ1) is 11.8. The minimum atomic E-state index is 0.803. The predicted octanol–water partition coefficient (Wildman–Crippen LogP) is 2.80. The van der Waals surface area contributed by atoms with Gasteiger partial charge in [0, 0.05) is 25.0 Å². The van der Waals surface area contributed by atoms with Crippen molar-refractivity contribution in [2.75, 3.05) is 0 Å². The maximum absolute atomic E-state index is 4.58. The maximum atomic E-state index is 4.58. The molecule has 0 unspecified atom stereocenters. The SMILES string of the molecule is Cn1cc(-c2nnc3ccccn23)c(-c2ccccc2)n1. The van der Waals surface area contributed by atoms with Crippen LogP contribution in [0.4, 0.5) is 0 Å². The number of rotatable bonds is 2. The Balaban J connectivity index is 1.97. The molecule has 4 rings (SSSR count). The Bertz CT molecular complexity index is 905. The third-order valence-corrected chi connectivity index (χ3v) is 3.43. The van der Waals surface area contributed by atoms with Crippen LogP contribution in [0.25, 0.3) is 28.3 Å². The highest BCUT2D eigenvalue weighted by molar-refractivity contribution is 5.78. The molecule has 0 saturated carbocycles. The van der Waals surface area contributed by atoms with E-state index in [1.54, 1.807) is 0 Å². The summed E-state index contributed by atoms with van der Waals surface area (Å²) in [6.07, 6.45) is 3.94. The monoisotopic (exact) mass is 275 g/mol. The molecule has 0 atom stereocenters. The van der Waals surface area contributed by atoms with Crippen molar-refractivity contribution >= 4 is 5.65 Å². The van der Waals surface area contributed by atoms with E-state index in [4.69, 9.17) is 0 Å². The van der Waals surface area contributed by atoms with Crippen molar-refractivity contribution in [3.05, 3.63) is 60.9 Å². The van der Waals surface area contributed by atoms with E-state index < -0.39 is 0 Å². The number of nitrogens with zero attached hydrogens (tertiary/aromatic N) is 5. The summed E-state index contributed by atoms with van der Waals surface area (Å²) in [6, 6.07) is 16.0. The molecule has 21 heavy (non-hydrogen) atoms. The van der Waals surface area contributed by atoms with Crippen LogP contribution >= 0.6 is 0 Å². The normalized spacial score (nSPS) is 11.1. The molecule has 0 aliphatic rings. The Labute approximate surface area is 121 Å². The summed E-state index contributed by atoms with van der Waals surface area (Å²) in [5, 5.41) is 13.1. The first-order valence-corrected chi connectivity index (χ1v) is 6.72. The smallest absolute Gasteiger partial charge is 0.172 e. The zero-order valence-corrected chi connectivity index (χ0v) is 11.5. The van der Waals surface area contributed by atoms with Crippen molar-refractivity contribution < 1.29 is 0 Å². The number of hydrogen-bond donors (Lipinski definition) is 0. The number of aromatic nitrogens is 5. The lowest BCUT2D eigenvalue weighted by atomic mass is 10.1. The van der Waals surface area contributed by atoms with E-state index in [0.29, 0.717) is 0 Å².